The summed E-state index contributed by atoms with van der Waals surface area (Å²) in [4.78, 5) is 0. The average Bonchev–Trinajstić information content (AvgIpc) is 2.90. The van der Waals surface area contributed by atoms with E-state index in [1.807, 2.05) is 61.5 Å². The van der Waals surface area contributed by atoms with Crippen LogP contribution < -0.4 is 0 Å². The largest absolute Gasteiger partial charge is 0.192 e. The van der Waals surface area contributed by atoms with Gasteiger partial charge in [-0.15, -0.1) is 0 Å². The van der Waals surface area contributed by atoms with Gasteiger partial charge in [-0.25, -0.2) is 0 Å². The van der Waals surface area contributed by atoms with Crippen molar-refractivity contribution >= 4 is 27.6 Å². The van der Waals surface area contributed by atoms with Crippen LogP contribution in [-0.4, -0.2) is 0 Å². The molecular formula is C29H12N6. The molecule has 158 valence electrons. The molecule has 0 unspecified atom stereocenters. The van der Waals surface area contributed by atoms with Crippen LogP contribution in [0.1, 0.15) is 44.5 Å². The first-order valence-electron chi connectivity index (χ1n) is 10.3. The minimum atomic E-state index is -0.199. The van der Waals surface area contributed by atoms with E-state index >= 15 is 0 Å². The van der Waals surface area contributed by atoms with Crippen molar-refractivity contribution in [1.82, 2.24) is 0 Å². The number of benzene rings is 4. The summed E-state index contributed by atoms with van der Waals surface area (Å²) in [5.74, 6) is 0. The standard InChI is InChI=1S/C29H12N6/c1-3-17-6-4-5-7-20(17)27-16(2)21-8-18(10-30)19(11-31)9-22(21)28-25(14-34)23(12-32)24(13-33)26(15-35)29(27)28/h3-9H,1H2,2H3. The van der Waals surface area contributed by atoms with Crippen molar-refractivity contribution in [3.63, 3.8) is 0 Å². The summed E-state index contributed by atoms with van der Waals surface area (Å²) < 4.78 is 0. The van der Waals surface area contributed by atoms with Gasteiger partial charge in [0.2, 0.25) is 0 Å². The third-order valence-corrected chi connectivity index (χ3v) is 6.09. The second kappa shape index (κ2) is 8.55. The van der Waals surface area contributed by atoms with Crippen molar-refractivity contribution in [2.24, 2.45) is 0 Å². The molecule has 4 aromatic carbocycles. The maximum atomic E-state index is 10.2. The lowest BCUT2D eigenvalue weighted by Gasteiger charge is -2.20. The zero-order chi connectivity index (χ0) is 25.3. The summed E-state index contributed by atoms with van der Waals surface area (Å²) in [6.45, 7) is 5.71. The van der Waals surface area contributed by atoms with E-state index in [1.54, 1.807) is 12.1 Å². The van der Waals surface area contributed by atoms with E-state index in [0.717, 1.165) is 5.56 Å². The van der Waals surface area contributed by atoms with E-state index in [2.05, 4.69) is 12.6 Å². The molecule has 6 heteroatoms. The lowest BCUT2D eigenvalue weighted by molar-refractivity contribution is 1.39. The highest BCUT2D eigenvalue weighted by Crippen LogP contribution is 2.45. The summed E-state index contributed by atoms with van der Waals surface area (Å²) in [5, 5.41) is 60.9. The highest BCUT2D eigenvalue weighted by Gasteiger charge is 2.27. The molecule has 0 aromatic heterocycles. The number of fused-ring (bicyclic) bond motifs is 3. The van der Waals surface area contributed by atoms with Gasteiger partial charge in [0.25, 0.3) is 0 Å². The van der Waals surface area contributed by atoms with Crippen LogP contribution in [0.2, 0.25) is 0 Å². The minimum absolute atomic E-state index is 0.0280. The molecule has 0 aliphatic rings. The second-order valence-corrected chi connectivity index (χ2v) is 7.66. The molecule has 0 aliphatic heterocycles. The summed E-state index contributed by atoms with van der Waals surface area (Å²) in [6, 6.07) is 22.5. The van der Waals surface area contributed by atoms with Gasteiger partial charge in [0.1, 0.15) is 36.4 Å². The van der Waals surface area contributed by atoms with Gasteiger partial charge < -0.3 is 0 Å². The number of hydrogen-bond donors (Lipinski definition) is 0. The van der Waals surface area contributed by atoms with Crippen molar-refractivity contribution in [1.29, 1.82) is 31.6 Å². The number of aryl methyl sites for hydroxylation is 1. The fraction of sp³-hybridized carbons (Fsp3) is 0.0345. The highest BCUT2D eigenvalue weighted by molar-refractivity contribution is 6.21. The highest BCUT2D eigenvalue weighted by atomic mass is 14.4. The fourth-order valence-electron chi connectivity index (χ4n) is 4.58. The Morgan fingerprint density at radius 1 is 0.657 bits per heavy atom. The van der Waals surface area contributed by atoms with E-state index in [-0.39, 0.29) is 38.8 Å². The van der Waals surface area contributed by atoms with E-state index in [4.69, 9.17) is 0 Å². The van der Waals surface area contributed by atoms with Crippen molar-refractivity contribution in [3.8, 4) is 47.5 Å². The van der Waals surface area contributed by atoms with Gasteiger partial charge in [-0.3, -0.25) is 0 Å². The van der Waals surface area contributed by atoms with Crippen molar-refractivity contribution in [2.45, 2.75) is 6.92 Å². The van der Waals surface area contributed by atoms with Crippen molar-refractivity contribution in [3.05, 3.63) is 87.5 Å². The molecule has 4 rings (SSSR count). The zero-order valence-corrected chi connectivity index (χ0v) is 18.4. The van der Waals surface area contributed by atoms with Gasteiger partial charge in [-0.1, -0.05) is 36.9 Å². The monoisotopic (exact) mass is 444 g/mol. The summed E-state index contributed by atoms with van der Waals surface area (Å²) in [6.07, 6.45) is 1.66. The molecule has 0 atom stereocenters. The Balaban J connectivity index is 2.54. The molecule has 0 radical (unpaired) electrons. The molecule has 0 spiro atoms. The van der Waals surface area contributed by atoms with Crippen LogP contribution in [0.5, 0.6) is 0 Å². The van der Waals surface area contributed by atoms with Gasteiger partial charge in [-0.2, -0.15) is 31.6 Å². The summed E-state index contributed by atoms with van der Waals surface area (Å²) in [7, 11) is 0. The average molecular weight is 444 g/mol. The first kappa shape index (κ1) is 22.3. The minimum Gasteiger partial charge on any atom is -0.192 e. The molecule has 0 saturated carbocycles. The molecular weight excluding hydrogens is 432 g/mol. The number of nitriles is 6. The van der Waals surface area contributed by atoms with Crippen molar-refractivity contribution in [2.75, 3.05) is 0 Å². The molecule has 0 fully saturated rings. The second-order valence-electron chi connectivity index (χ2n) is 7.66. The van der Waals surface area contributed by atoms with Gasteiger partial charge in [0, 0.05) is 10.8 Å². The maximum absolute atomic E-state index is 10.2. The first-order chi connectivity index (χ1) is 17.0. The quantitative estimate of drug-likeness (QED) is 0.355. The van der Waals surface area contributed by atoms with Crippen LogP contribution >= 0.6 is 0 Å². The topological polar surface area (TPSA) is 143 Å². The number of rotatable bonds is 2. The van der Waals surface area contributed by atoms with Gasteiger partial charge in [-0.05, 0) is 52.1 Å². The molecule has 0 aliphatic carbocycles. The Morgan fingerprint density at radius 3 is 1.69 bits per heavy atom. The normalized spacial score (nSPS) is 9.80. The third-order valence-electron chi connectivity index (χ3n) is 6.09. The smallest absolute Gasteiger partial charge is 0.102 e. The molecule has 0 bridgehead atoms. The van der Waals surface area contributed by atoms with E-state index in [9.17, 15) is 31.6 Å². The van der Waals surface area contributed by atoms with E-state index in [1.165, 1.54) is 6.07 Å². The Bertz CT molecular complexity index is 1880. The van der Waals surface area contributed by atoms with Crippen LogP contribution in [0.15, 0.2) is 43.0 Å². The molecule has 0 N–H and O–H groups in total. The van der Waals surface area contributed by atoms with Crippen LogP contribution in [0.25, 0.3) is 38.7 Å². The fourth-order valence-corrected chi connectivity index (χ4v) is 4.58. The molecule has 4 aromatic rings. The molecule has 0 saturated heterocycles. The van der Waals surface area contributed by atoms with Crippen LogP contribution in [0.3, 0.4) is 0 Å². The maximum Gasteiger partial charge on any atom is 0.102 e. The van der Waals surface area contributed by atoms with Crippen LogP contribution in [0, 0.1) is 74.9 Å². The SMILES string of the molecule is C=Cc1ccccc1-c1c(C)c2cc(C#N)c(C#N)cc2c2c(C#N)c(C#N)c(C#N)c(C#N)c12. The number of hydrogen-bond acceptors (Lipinski definition) is 6. The lowest BCUT2D eigenvalue weighted by atomic mass is 9.80. The molecule has 0 heterocycles. The predicted molar refractivity (Wildman–Crippen MR) is 130 cm³/mol. The first-order valence-corrected chi connectivity index (χ1v) is 10.3. The third kappa shape index (κ3) is 3.05. The van der Waals surface area contributed by atoms with Gasteiger partial charge in [0.15, 0.2) is 0 Å². The summed E-state index contributed by atoms with van der Waals surface area (Å²) in [5.41, 5.74) is 2.55. The van der Waals surface area contributed by atoms with Crippen molar-refractivity contribution < 1.29 is 0 Å². The predicted octanol–water partition coefficient (Wildman–Crippen LogP) is 5.84. The molecule has 6 nitrogen and oxygen atoms in total. The van der Waals surface area contributed by atoms with E-state index in [0.29, 0.717) is 32.8 Å². The Hall–Kier alpha value is -5.92. The number of nitrogens with zero attached hydrogens (tertiary/aromatic N) is 6. The lowest BCUT2D eigenvalue weighted by Crippen LogP contribution is -2.03. The Morgan fingerprint density at radius 2 is 1.17 bits per heavy atom. The molecule has 35 heavy (non-hydrogen) atoms. The summed E-state index contributed by atoms with van der Waals surface area (Å²) >= 11 is 0. The van der Waals surface area contributed by atoms with Gasteiger partial charge >= 0.3 is 0 Å². The Labute approximate surface area is 201 Å². The zero-order valence-electron chi connectivity index (χ0n) is 18.4. The van der Waals surface area contributed by atoms with Gasteiger partial charge in [0.05, 0.1) is 33.4 Å². The molecule has 0 amide bonds. The van der Waals surface area contributed by atoms with E-state index < -0.39 is 0 Å². The van der Waals surface area contributed by atoms with Crippen LogP contribution in [0.4, 0.5) is 0 Å². The van der Waals surface area contributed by atoms with Crippen LogP contribution in [-0.2, 0) is 0 Å². The Kier molecular flexibility index (Phi) is 5.44.